The number of nitrogens with zero attached hydrogens (tertiary/aromatic N) is 1. The average molecular weight is 659 g/mol. The van der Waals surface area contributed by atoms with Gasteiger partial charge in [-0.3, -0.25) is 15.5 Å². The Morgan fingerprint density at radius 2 is 1.70 bits per heavy atom. The minimum Gasteiger partial charge on any atom is -0.390 e. The molecule has 0 radical (unpaired) electrons. The highest BCUT2D eigenvalue weighted by Crippen LogP contribution is 2.62. The van der Waals surface area contributed by atoms with Gasteiger partial charge in [0, 0.05) is 31.1 Å². The molecule has 0 aromatic heterocycles. The summed E-state index contributed by atoms with van der Waals surface area (Å²) in [6.45, 7) is 16.8. The van der Waals surface area contributed by atoms with Crippen molar-refractivity contribution in [3.05, 3.63) is 34.9 Å². The molecule has 3 aliphatic carbocycles. The fourth-order valence-corrected chi connectivity index (χ4v) is 11.2. The summed E-state index contributed by atoms with van der Waals surface area (Å²) in [5.41, 5.74) is 3.65. The Labute approximate surface area is 279 Å². The number of aliphatic hydroxyl groups is 1. The van der Waals surface area contributed by atoms with Gasteiger partial charge in [-0.15, -0.1) is 0 Å². The highest BCUT2D eigenvalue weighted by Gasteiger charge is 2.57. The molecule has 1 spiro atoms. The van der Waals surface area contributed by atoms with Crippen molar-refractivity contribution in [2.24, 2.45) is 22.7 Å². The summed E-state index contributed by atoms with van der Waals surface area (Å²) in [6.07, 6.45) is 10.1. The lowest BCUT2D eigenvalue weighted by Crippen LogP contribution is -2.64. The lowest BCUT2D eigenvalue weighted by atomic mass is 9.47. The summed E-state index contributed by atoms with van der Waals surface area (Å²) >= 11 is 0. The molecule has 260 valence electrons. The first-order chi connectivity index (χ1) is 21.5. The Hall–Kier alpha value is -1.07. The second-order valence-corrected chi connectivity index (χ2v) is 19.8. The van der Waals surface area contributed by atoms with Gasteiger partial charge < -0.3 is 9.84 Å². The second kappa shape index (κ2) is 13.0. The van der Waals surface area contributed by atoms with Gasteiger partial charge >= 0.3 is 0 Å². The second-order valence-electron chi connectivity index (χ2n) is 17.8. The molecule has 5 unspecified atom stereocenters. The first-order valence-electron chi connectivity index (χ1n) is 18.2. The molecule has 3 saturated carbocycles. The van der Waals surface area contributed by atoms with Gasteiger partial charge in [-0.2, -0.15) is 4.72 Å². The number of aryl methyl sites for hydroxylation is 2. The van der Waals surface area contributed by atoms with Gasteiger partial charge in [0.2, 0.25) is 10.0 Å². The van der Waals surface area contributed by atoms with Crippen LogP contribution in [-0.2, 0) is 14.8 Å². The number of benzene rings is 1. The van der Waals surface area contributed by atoms with E-state index in [1.165, 1.54) is 29.5 Å². The van der Waals surface area contributed by atoms with E-state index in [1.54, 1.807) is 0 Å². The van der Waals surface area contributed by atoms with E-state index in [4.69, 9.17) is 4.74 Å². The zero-order chi connectivity index (χ0) is 33.1. The molecule has 46 heavy (non-hydrogen) atoms. The van der Waals surface area contributed by atoms with Crippen molar-refractivity contribution < 1.29 is 18.3 Å². The van der Waals surface area contributed by atoms with Gasteiger partial charge in [-0.05, 0) is 125 Å². The molecule has 0 amide bonds. The molecule has 4 bridgehead atoms. The van der Waals surface area contributed by atoms with Crippen molar-refractivity contribution in [1.29, 1.82) is 0 Å². The maximum Gasteiger partial charge on any atom is 0.216 e. The van der Waals surface area contributed by atoms with Gasteiger partial charge in [0.05, 0.1) is 17.5 Å². The standard InChI is InChI=1S/C37H62N4O4S/c1-24-10-8-11-25(2)33(24)31-17-32-39-34(38-31)40-46(43,44)30-13-9-12-26(16-30)22-41(28(23-45-32)14-15-35(3,4)5)29-20-37(21-29)18-27(19-37)36(6,7)42/h8,10-11,26-32,34,38-40,42H,9,12-23H2,1-7H3/t26?,27?,28-,29?,30?,31?,32?,34?,37?/m1/s1. The molecular formula is C37H62N4O4S. The SMILES string of the molecule is Cc1cccc(C)c1C1CC2NC(N1)NS(=O)(=O)C1CCCC(C1)CN(C1CC3(C1)CC(C(C)(C)O)C3)[C@H](CCC(C)(C)C)CO2. The third-order valence-electron chi connectivity index (χ3n) is 12.3. The van der Waals surface area contributed by atoms with Crippen molar-refractivity contribution in [3.63, 3.8) is 0 Å². The number of rotatable bonds is 5. The molecule has 9 heteroatoms. The number of hydrogen-bond acceptors (Lipinski definition) is 7. The molecule has 4 N–H and O–H groups in total. The molecule has 2 aliphatic heterocycles. The molecule has 1 aromatic carbocycles. The van der Waals surface area contributed by atoms with Crippen molar-refractivity contribution >= 4 is 10.0 Å². The lowest BCUT2D eigenvalue weighted by Gasteiger charge is -2.63. The molecule has 8 nitrogen and oxygen atoms in total. The third-order valence-corrected chi connectivity index (χ3v) is 14.2. The summed E-state index contributed by atoms with van der Waals surface area (Å²) in [6, 6.07) is 7.12. The van der Waals surface area contributed by atoms with Gasteiger partial charge in [0.1, 0.15) is 12.5 Å². The van der Waals surface area contributed by atoms with Crippen LogP contribution in [0.4, 0.5) is 0 Å². The summed E-state index contributed by atoms with van der Waals surface area (Å²) in [7, 11) is -3.55. The van der Waals surface area contributed by atoms with Crippen LogP contribution in [0.1, 0.15) is 128 Å². The van der Waals surface area contributed by atoms with Gasteiger partial charge in [0.25, 0.3) is 0 Å². The number of fused-ring (bicyclic) bond motifs is 4. The van der Waals surface area contributed by atoms with E-state index < -0.39 is 21.9 Å². The van der Waals surface area contributed by atoms with Crippen LogP contribution >= 0.6 is 0 Å². The monoisotopic (exact) mass is 658 g/mol. The Morgan fingerprint density at radius 1 is 1.00 bits per heavy atom. The van der Waals surface area contributed by atoms with Gasteiger partial charge in [0.15, 0.2) is 0 Å². The highest BCUT2D eigenvalue weighted by molar-refractivity contribution is 7.90. The zero-order valence-electron chi connectivity index (χ0n) is 29.6. The fourth-order valence-electron chi connectivity index (χ4n) is 9.56. The van der Waals surface area contributed by atoms with Crippen LogP contribution in [0.3, 0.4) is 0 Å². The van der Waals surface area contributed by atoms with Crippen molar-refractivity contribution in [2.45, 2.75) is 161 Å². The normalized spacial score (nSPS) is 39.0. The van der Waals surface area contributed by atoms with Crippen molar-refractivity contribution in [3.8, 4) is 0 Å². The van der Waals surface area contributed by atoms with E-state index in [-0.39, 0.29) is 29.0 Å². The minimum atomic E-state index is -3.55. The molecule has 1 aromatic rings. The van der Waals surface area contributed by atoms with Gasteiger partial charge in [-0.25, -0.2) is 8.42 Å². The molecule has 2 heterocycles. The number of hydrogen-bond donors (Lipinski definition) is 4. The van der Waals surface area contributed by atoms with Crippen LogP contribution in [0.15, 0.2) is 18.2 Å². The molecular weight excluding hydrogens is 596 g/mol. The summed E-state index contributed by atoms with van der Waals surface area (Å²) < 4.78 is 37.8. The zero-order valence-corrected chi connectivity index (χ0v) is 30.4. The fraction of sp³-hybridized carbons (Fsp3) is 0.838. The quantitative estimate of drug-likeness (QED) is 0.314. The van der Waals surface area contributed by atoms with Crippen molar-refractivity contribution in [1.82, 2.24) is 20.3 Å². The molecule has 2 saturated heterocycles. The van der Waals surface area contributed by atoms with E-state index in [1.807, 2.05) is 13.8 Å². The maximum absolute atomic E-state index is 13.9. The van der Waals surface area contributed by atoms with Crippen LogP contribution in [0.25, 0.3) is 0 Å². The molecule has 6 atom stereocenters. The van der Waals surface area contributed by atoms with Crippen LogP contribution in [0.2, 0.25) is 0 Å². The Balaban J connectivity index is 1.28. The predicted molar refractivity (Wildman–Crippen MR) is 185 cm³/mol. The number of ether oxygens (including phenoxy) is 1. The number of sulfonamides is 1. The summed E-state index contributed by atoms with van der Waals surface area (Å²) in [4.78, 5) is 2.78. The Bertz CT molecular complexity index is 1300. The van der Waals surface area contributed by atoms with E-state index in [9.17, 15) is 13.5 Å². The highest BCUT2D eigenvalue weighted by atomic mass is 32.2. The van der Waals surface area contributed by atoms with E-state index in [0.717, 1.165) is 57.9 Å². The maximum atomic E-state index is 13.9. The van der Waals surface area contributed by atoms with Crippen LogP contribution < -0.4 is 15.4 Å². The Morgan fingerprint density at radius 3 is 2.35 bits per heavy atom. The third kappa shape index (κ3) is 7.71. The predicted octanol–water partition coefficient (Wildman–Crippen LogP) is 5.87. The summed E-state index contributed by atoms with van der Waals surface area (Å²) in [5.74, 6) is 0.752. The molecule has 5 fully saturated rings. The van der Waals surface area contributed by atoms with Gasteiger partial charge in [-0.1, -0.05) is 45.4 Å². The molecule has 5 aliphatic rings. The van der Waals surface area contributed by atoms with E-state index >= 15 is 0 Å². The topological polar surface area (TPSA) is 103 Å². The van der Waals surface area contributed by atoms with Crippen LogP contribution in [-0.4, -0.2) is 67.0 Å². The lowest BCUT2D eigenvalue weighted by molar-refractivity contribution is -0.158. The van der Waals surface area contributed by atoms with E-state index in [0.29, 0.717) is 36.3 Å². The average Bonchev–Trinajstić information content (AvgIpc) is 2.89. The van der Waals surface area contributed by atoms with Crippen LogP contribution in [0, 0.1) is 36.5 Å². The van der Waals surface area contributed by atoms with Crippen LogP contribution in [0.5, 0.6) is 0 Å². The first-order valence-corrected chi connectivity index (χ1v) is 19.7. The summed E-state index contributed by atoms with van der Waals surface area (Å²) in [5, 5.41) is 17.4. The Kier molecular flexibility index (Phi) is 9.83. The molecule has 6 rings (SSSR count). The number of nitrogens with one attached hydrogen (secondary N) is 3. The van der Waals surface area contributed by atoms with Crippen molar-refractivity contribution in [2.75, 3.05) is 13.2 Å². The van der Waals surface area contributed by atoms with E-state index in [2.05, 4.69) is 73.1 Å². The largest absolute Gasteiger partial charge is 0.390 e. The first kappa shape index (κ1) is 34.8. The smallest absolute Gasteiger partial charge is 0.216 e. The minimum absolute atomic E-state index is 0.0256.